The van der Waals surface area contributed by atoms with E-state index in [1.807, 2.05) is 12.1 Å². The van der Waals surface area contributed by atoms with Crippen molar-refractivity contribution >= 4 is 29.1 Å². The molecule has 0 aliphatic carbocycles. The number of Topliss-reactive ketones (excluding diaryl/α,β-unsaturated/α-hetero) is 1. The number of ketones is 1. The van der Waals surface area contributed by atoms with Crippen LogP contribution in [0.4, 0.5) is 11.5 Å². The van der Waals surface area contributed by atoms with Gasteiger partial charge >= 0.3 is 0 Å². The van der Waals surface area contributed by atoms with Crippen molar-refractivity contribution in [2.24, 2.45) is 0 Å². The Balaban J connectivity index is 2.05. The number of nitrogens with one attached hydrogen (secondary N) is 3. The summed E-state index contributed by atoms with van der Waals surface area (Å²) >= 11 is 0. The number of rotatable bonds is 6. The van der Waals surface area contributed by atoms with Crippen molar-refractivity contribution in [2.75, 3.05) is 10.6 Å². The minimum Gasteiger partial charge on any atom is -0.323 e. The summed E-state index contributed by atoms with van der Waals surface area (Å²) in [5.41, 5.74) is 1.45. The highest BCUT2D eigenvalue weighted by atomic mass is 16.2. The molecule has 0 spiro atoms. The molecule has 3 N–H and O–H groups in total. The van der Waals surface area contributed by atoms with Gasteiger partial charge in [0.05, 0.1) is 18.2 Å². The van der Waals surface area contributed by atoms with E-state index in [4.69, 9.17) is 10.5 Å². The number of benzene rings is 1. The number of anilines is 2. The number of nitrogens with zero attached hydrogens (tertiary/aromatic N) is 3. The van der Waals surface area contributed by atoms with Crippen molar-refractivity contribution in [1.82, 2.24) is 10.2 Å². The van der Waals surface area contributed by atoms with Gasteiger partial charge in [-0.15, -0.1) is 0 Å². The molecule has 28 heavy (non-hydrogen) atoms. The zero-order chi connectivity index (χ0) is 20.7. The van der Waals surface area contributed by atoms with Crippen LogP contribution < -0.4 is 10.6 Å². The summed E-state index contributed by atoms with van der Waals surface area (Å²) in [6.45, 7) is 2.88. The van der Waals surface area contributed by atoms with Gasteiger partial charge in [-0.05, 0) is 38.1 Å². The number of aromatic amines is 1. The lowest BCUT2D eigenvalue weighted by Crippen LogP contribution is -2.17. The Kier molecular flexibility index (Phi) is 6.40. The van der Waals surface area contributed by atoms with Gasteiger partial charge in [0.15, 0.2) is 11.6 Å². The normalized spacial score (nSPS) is 10.5. The molecule has 1 aromatic heterocycles. The van der Waals surface area contributed by atoms with Crippen LogP contribution in [0.3, 0.4) is 0 Å². The largest absolute Gasteiger partial charge is 0.323 e. The van der Waals surface area contributed by atoms with E-state index in [1.54, 1.807) is 24.3 Å². The Labute approximate surface area is 160 Å². The van der Waals surface area contributed by atoms with E-state index in [2.05, 4.69) is 20.8 Å². The summed E-state index contributed by atoms with van der Waals surface area (Å²) < 4.78 is 0. The Morgan fingerprint density at radius 2 is 1.82 bits per heavy atom. The molecular formula is C19H16N6O3. The van der Waals surface area contributed by atoms with Gasteiger partial charge in [-0.25, -0.2) is 0 Å². The summed E-state index contributed by atoms with van der Waals surface area (Å²) in [7, 11) is 0. The van der Waals surface area contributed by atoms with Crippen molar-refractivity contribution in [3.63, 3.8) is 0 Å². The lowest BCUT2D eigenvalue weighted by molar-refractivity contribution is -0.114. The average molecular weight is 376 g/mol. The molecule has 0 saturated carbocycles. The maximum atomic E-state index is 12.2. The topological polar surface area (TPSA) is 152 Å². The van der Waals surface area contributed by atoms with E-state index in [9.17, 15) is 14.4 Å². The van der Waals surface area contributed by atoms with E-state index in [0.29, 0.717) is 16.9 Å². The molecule has 0 bridgehead atoms. The Hall–Kier alpha value is -4.24. The number of amides is 2. The van der Waals surface area contributed by atoms with E-state index < -0.39 is 11.8 Å². The Bertz CT molecular complexity index is 1040. The number of carbonyl (C=O) groups excluding carboxylic acids is 3. The number of nitriles is 2. The predicted octanol–water partition coefficient (Wildman–Crippen LogP) is 2.07. The van der Waals surface area contributed by atoms with Gasteiger partial charge in [-0.1, -0.05) is 0 Å². The molecule has 0 fully saturated rings. The zero-order valence-corrected chi connectivity index (χ0v) is 15.2. The average Bonchev–Trinajstić information content (AvgIpc) is 3.03. The third-order valence-corrected chi connectivity index (χ3v) is 3.71. The fourth-order valence-corrected chi connectivity index (χ4v) is 2.23. The molecule has 0 unspecified atom stereocenters. The Morgan fingerprint density at radius 3 is 2.39 bits per heavy atom. The first kappa shape index (κ1) is 20.1. The second kappa shape index (κ2) is 8.92. The molecule has 0 aliphatic rings. The monoisotopic (exact) mass is 376 g/mol. The highest BCUT2D eigenvalue weighted by molar-refractivity contribution is 6.10. The second-order valence-corrected chi connectivity index (χ2v) is 5.78. The molecule has 140 valence electrons. The van der Waals surface area contributed by atoms with Gasteiger partial charge in [0.1, 0.15) is 11.6 Å². The minimum atomic E-state index is -0.617. The molecule has 1 heterocycles. The fraction of sp³-hybridized carbons (Fsp3) is 0.158. The summed E-state index contributed by atoms with van der Waals surface area (Å²) in [4.78, 5) is 35.5. The molecule has 9 heteroatoms. The molecule has 0 radical (unpaired) electrons. The molecule has 0 aliphatic heterocycles. The molecular weight excluding hydrogens is 360 g/mol. The van der Waals surface area contributed by atoms with E-state index >= 15 is 0 Å². The first-order chi connectivity index (χ1) is 13.3. The standard InChI is InChI=1S/C19H16N6O3/c1-11(9-17(27)22-14-5-3-13(4-6-14)12(2)26)19(28)23-18-15(10-21)16(7-8-20)24-25-18/h3-6,9H,7H2,1-2H3,(H,22,27)(H2,23,24,25,28)/b11-9-. The van der Waals surface area contributed by atoms with Gasteiger partial charge < -0.3 is 10.6 Å². The maximum Gasteiger partial charge on any atom is 0.252 e. The third kappa shape index (κ3) is 4.90. The second-order valence-electron chi connectivity index (χ2n) is 5.78. The van der Waals surface area contributed by atoms with Crippen LogP contribution in [-0.4, -0.2) is 27.8 Å². The number of hydrogen-bond donors (Lipinski definition) is 3. The fourth-order valence-electron chi connectivity index (χ4n) is 2.23. The molecule has 0 atom stereocenters. The van der Waals surface area contributed by atoms with Crippen molar-refractivity contribution in [3.05, 3.63) is 52.7 Å². The lowest BCUT2D eigenvalue weighted by atomic mass is 10.1. The molecule has 1 aromatic carbocycles. The number of carbonyl (C=O) groups is 3. The van der Waals surface area contributed by atoms with Gasteiger partial charge in [-0.2, -0.15) is 15.6 Å². The van der Waals surface area contributed by atoms with Crippen LogP contribution in [-0.2, 0) is 16.0 Å². The van der Waals surface area contributed by atoms with Crippen molar-refractivity contribution < 1.29 is 14.4 Å². The van der Waals surface area contributed by atoms with Gasteiger partial charge in [-0.3, -0.25) is 19.5 Å². The van der Waals surface area contributed by atoms with E-state index in [1.165, 1.54) is 13.8 Å². The SMILES string of the molecule is CC(=O)c1ccc(NC(=O)/C=C(/C)C(=O)Nc2n[nH]c(CC#N)c2C#N)cc1. The smallest absolute Gasteiger partial charge is 0.252 e. The predicted molar refractivity (Wildman–Crippen MR) is 100 cm³/mol. The lowest BCUT2D eigenvalue weighted by Gasteiger charge is -2.05. The number of aromatic nitrogens is 2. The van der Waals surface area contributed by atoms with Crippen molar-refractivity contribution in [1.29, 1.82) is 10.5 Å². The summed E-state index contributed by atoms with van der Waals surface area (Å²) in [6, 6.07) is 10.1. The summed E-state index contributed by atoms with van der Waals surface area (Å²) in [5, 5.41) is 29.2. The molecule has 2 rings (SSSR count). The van der Waals surface area contributed by atoms with Crippen LogP contribution in [0.2, 0.25) is 0 Å². The van der Waals surface area contributed by atoms with Crippen LogP contribution in [0.15, 0.2) is 35.9 Å². The summed E-state index contributed by atoms with van der Waals surface area (Å²) in [5.74, 6) is -1.24. The van der Waals surface area contributed by atoms with E-state index in [0.717, 1.165) is 6.08 Å². The number of hydrogen-bond acceptors (Lipinski definition) is 6. The highest BCUT2D eigenvalue weighted by Crippen LogP contribution is 2.16. The van der Waals surface area contributed by atoms with Crippen molar-refractivity contribution in [3.8, 4) is 12.1 Å². The minimum absolute atomic E-state index is 0.00858. The van der Waals surface area contributed by atoms with Crippen LogP contribution in [0.1, 0.15) is 35.5 Å². The quantitative estimate of drug-likeness (QED) is 0.518. The van der Waals surface area contributed by atoms with E-state index in [-0.39, 0.29) is 29.2 Å². The molecule has 2 aromatic rings. The van der Waals surface area contributed by atoms with Gasteiger partial charge in [0.2, 0.25) is 5.91 Å². The van der Waals surface area contributed by atoms with Crippen LogP contribution in [0.25, 0.3) is 0 Å². The first-order valence-corrected chi connectivity index (χ1v) is 8.11. The van der Waals surface area contributed by atoms with Gasteiger partial charge in [0.25, 0.3) is 5.91 Å². The first-order valence-electron chi connectivity index (χ1n) is 8.11. The molecule has 2 amide bonds. The summed E-state index contributed by atoms with van der Waals surface area (Å²) in [6.07, 6.45) is 1.05. The Morgan fingerprint density at radius 1 is 1.14 bits per heavy atom. The number of H-pyrrole nitrogens is 1. The van der Waals surface area contributed by atoms with Crippen molar-refractivity contribution in [2.45, 2.75) is 20.3 Å². The van der Waals surface area contributed by atoms with Crippen LogP contribution >= 0.6 is 0 Å². The highest BCUT2D eigenvalue weighted by Gasteiger charge is 2.16. The van der Waals surface area contributed by atoms with Crippen LogP contribution in [0, 0.1) is 22.7 Å². The molecule has 9 nitrogen and oxygen atoms in total. The maximum absolute atomic E-state index is 12.2. The zero-order valence-electron chi connectivity index (χ0n) is 15.2. The third-order valence-electron chi connectivity index (χ3n) is 3.71. The van der Waals surface area contributed by atoms with Crippen LogP contribution in [0.5, 0.6) is 0 Å². The molecule has 0 saturated heterocycles. The van der Waals surface area contributed by atoms with Gasteiger partial charge in [0, 0.05) is 22.9 Å².